The van der Waals surface area contributed by atoms with E-state index < -0.39 is 15.8 Å². The number of amides is 1. The first kappa shape index (κ1) is 18.0. The highest BCUT2D eigenvalue weighted by molar-refractivity contribution is 7.99. The van der Waals surface area contributed by atoms with Crippen molar-refractivity contribution in [3.63, 3.8) is 0 Å². The number of carbonyl (C=O) groups is 1. The molecule has 9 heteroatoms. The SMILES string of the molecule is CC(=O)N1CCSc2ccc(S(=O)(=O)Nc3ccc(F)c(Cl)c3)cc21. The minimum Gasteiger partial charge on any atom is -0.311 e. The fraction of sp³-hybridized carbons (Fsp3) is 0.188. The summed E-state index contributed by atoms with van der Waals surface area (Å²) in [5.74, 6) is -0.0211. The van der Waals surface area contributed by atoms with Gasteiger partial charge >= 0.3 is 0 Å². The van der Waals surface area contributed by atoms with Crippen LogP contribution < -0.4 is 9.62 Å². The third-order valence-electron chi connectivity index (χ3n) is 3.66. The predicted molar refractivity (Wildman–Crippen MR) is 97.4 cm³/mol. The van der Waals surface area contributed by atoms with Gasteiger partial charge in [-0.05, 0) is 36.4 Å². The van der Waals surface area contributed by atoms with Crippen LogP contribution in [0.25, 0.3) is 0 Å². The van der Waals surface area contributed by atoms with Gasteiger partial charge < -0.3 is 4.90 Å². The van der Waals surface area contributed by atoms with E-state index in [4.69, 9.17) is 11.6 Å². The molecule has 0 radical (unpaired) electrons. The van der Waals surface area contributed by atoms with Gasteiger partial charge in [-0.25, -0.2) is 12.8 Å². The molecule has 0 saturated heterocycles. The zero-order chi connectivity index (χ0) is 18.2. The van der Waals surface area contributed by atoms with Crippen LogP contribution in [0, 0.1) is 5.82 Å². The number of fused-ring (bicyclic) bond motifs is 1. The van der Waals surface area contributed by atoms with Gasteiger partial charge in [-0.3, -0.25) is 9.52 Å². The molecular weight excluding hydrogens is 387 g/mol. The van der Waals surface area contributed by atoms with Crippen LogP contribution in [0.2, 0.25) is 5.02 Å². The fourth-order valence-corrected chi connectivity index (χ4v) is 4.69. The van der Waals surface area contributed by atoms with Crippen molar-refractivity contribution >= 4 is 50.7 Å². The summed E-state index contributed by atoms with van der Waals surface area (Å²) in [5, 5.41) is -0.176. The second-order valence-electron chi connectivity index (χ2n) is 5.38. The van der Waals surface area contributed by atoms with Crippen molar-refractivity contribution in [2.75, 3.05) is 21.9 Å². The normalized spacial score (nSPS) is 14.1. The highest BCUT2D eigenvalue weighted by Gasteiger charge is 2.24. The van der Waals surface area contributed by atoms with Gasteiger partial charge in [0.05, 0.1) is 21.3 Å². The van der Waals surface area contributed by atoms with E-state index in [-0.39, 0.29) is 21.5 Å². The first-order valence-electron chi connectivity index (χ1n) is 7.31. The number of benzene rings is 2. The van der Waals surface area contributed by atoms with Crippen molar-refractivity contribution in [2.45, 2.75) is 16.7 Å². The molecule has 2 aromatic rings. The van der Waals surface area contributed by atoms with Gasteiger partial charge in [0.15, 0.2) is 0 Å². The molecule has 25 heavy (non-hydrogen) atoms. The number of sulfonamides is 1. The maximum absolute atomic E-state index is 13.2. The van der Waals surface area contributed by atoms with Gasteiger partial charge in [0.25, 0.3) is 10.0 Å². The summed E-state index contributed by atoms with van der Waals surface area (Å²) in [5.41, 5.74) is 0.727. The average Bonchev–Trinajstić information content (AvgIpc) is 2.56. The number of anilines is 2. The number of carbonyl (C=O) groups excluding carboxylic acids is 1. The van der Waals surface area contributed by atoms with Gasteiger partial charge in [-0.2, -0.15) is 0 Å². The Morgan fingerprint density at radius 3 is 2.72 bits per heavy atom. The second-order valence-corrected chi connectivity index (χ2v) is 8.61. The van der Waals surface area contributed by atoms with Crippen LogP contribution in [0.15, 0.2) is 46.2 Å². The third-order valence-corrected chi connectivity index (χ3v) is 6.37. The van der Waals surface area contributed by atoms with Gasteiger partial charge in [-0.1, -0.05) is 11.6 Å². The smallest absolute Gasteiger partial charge is 0.261 e. The van der Waals surface area contributed by atoms with E-state index in [0.717, 1.165) is 16.7 Å². The summed E-state index contributed by atoms with van der Waals surface area (Å²) in [6.07, 6.45) is 0. The Bertz CT molecular complexity index is 950. The molecule has 0 saturated carbocycles. The van der Waals surface area contributed by atoms with Crippen molar-refractivity contribution < 1.29 is 17.6 Å². The average molecular weight is 401 g/mol. The van der Waals surface area contributed by atoms with Crippen molar-refractivity contribution in [3.05, 3.63) is 47.2 Å². The maximum atomic E-state index is 13.2. The molecule has 2 aromatic carbocycles. The van der Waals surface area contributed by atoms with Gasteiger partial charge in [0.2, 0.25) is 5.91 Å². The first-order chi connectivity index (χ1) is 11.8. The number of hydrogen-bond acceptors (Lipinski definition) is 4. The van der Waals surface area contributed by atoms with Crippen molar-refractivity contribution in [2.24, 2.45) is 0 Å². The molecule has 132 valence electrons. The summed E-state index contributed by atoms with van der Waals surface area (Å²) in [4.78, 5) is 14.2. The molecule has 3 rings (SSSR count). The van der Waals surface area contributed by atoms with Crippen LogP contribution in [-0.4, -0.2) is 26.6 Å². The van der Waals surface area contributed by atoms with E-state index in [9.17, 15) is 17.6 Å². The number of rotatable bonds is 3. The highest BCUT2D eigenvalue weighted by atomic mass is 35.5. The number of nitrogens with one attached hydrogen (secondary N) is 1. The predicted octanol–water partition coefficient (Wildman–Crippen LogP) is 3.74. The van der Waals surface area contributed by atoms with Gasteiger partial charge in [-0.15, -0.1) is 11.8 Å². The van der Waals surface area contributed by atoms with Crippen molar-refractivity contribution in [1.29, 1.82) is 0 Å². The highest BCUT2D eigenvalue weighted by Crippen LogP contribution is 2.36. The molecular formula is C16H14ClFN2O3S2. The molecule has 1 heterocycles. The quantitative estimate of drug-likeness (QED) is 0.852. The number of halogens is 2. The van der Waals surface area contributed by atoms with E-state index in [1.165, 1.54) is 31.2 Å². The van der Waals surface area contributed by atoms with Crippen LogP contribution in [-0.2, 0) is 14.8 Å². The number of nitrogens with zero attached hydrogens (tertiary/aromatic N) is 1. The lowest BCUT2D eigenvalue weighted by atomic mass is 10.2. The molecule has 0 atom stereocenters. The Hall–Kier alpha value is -1.77. The summed E-state index contributed by atoms with van der Waals surface area (Å²) < 4.78 is 40.8. The zero-order valence-corrected chi connectivity index (χ0v) is 15.5. The van der Waals surface area contributed by atoms with E-state index >= 15 is 0 Å². The second kappa shape index (κ2) is 6.86. The van der Waals surface area contributed by atoms with E-state index in [2.05, 4.69) is 4.72 Å². The lowest BCUT2D eigenvalue weighted by molar-refractivity contribution is -0.116. The minimum absolute atomic E-state index is 0.0143. The van der Waals surface area contributed by atoms with Crippen LogP contribution >= 0.6 is 23.4 Å². The maximum Gasteiger partial charge on any atom is 0.261 e. The van der Waals surface area contributed by atoms with Crippen LogP contribution in [0.5, 0.6) is 0 Å². The van der Waals surface area contributed by atoms with Crippen molar-refractivity contribution in [1.82, 2.24) is 0 Å². The Morgan fingerprint density at radius 1 is 1.28 bits per heavy atom. The Labute approximate surface area is 154 Å². The molecule has 0 aliphatic carbocycles. The third kappa shape index (κ3) is 3.75. The van der Waals surface area contributed by atoms with Gasteiger partial charge in [0, 0.05) is 24.1 Å². The van der Waals surface area contributed by atoms with Crippen molar-refractivity contribution in [3.8, 4) is 0 Å². The molecule has 1 amide bonds. The van der Waals surface area contributed by atoms with E-state index in [1.54, 1.807) is 22.7 Å². The molecule has 1 aliphatic rings. The standard InChI is InChI=1S/C16H14ClFN2O3S2/c1-10(21)20-6-7-24-16-5-3-12(9-15(16)20)25(22,23)19-11-2-4-14(18)13(17)8-11/h2-5,8-9,19H,6-7H2,1H3. The largest absolute Gasteiger partial charge is 0.311 e. The Morgan fingerprint density at radius 2 is 2.04 bits per heavy atom. The molecule has 5 nitrogen and oxygen atoms in total. The molecule has 1 aliphatic heterocycles. The molecule has 0 aromatic heterocycles. The Balaban J connectivity index is 1.96. The van der Waals surface area contributed by atoms with Crippen LogP contribution in [0.3, 0.4) is 0 Å². The first-order valence-corrected chi connectivity index (χ1v) is 10.2. The number of thioether (sulfide) groups is 1. The summed E-state index contributed by atoms with van der Waals surface area (Å²) in [7, 11) is -3.90. The van der Waals surface area contributed by atoms with E-state index in [1.807, 2.05) is 0 Å². The summed E-state index contributed by atoms with van der Waals surface area (Å²) >= 11 is 7.25. The molecule has 0 spiro atoms. The van der Waals surface area contributed by atoms with E-state index in [0.29, 0.717) is 12.2 Å². The molecule has 1 N–H and O–H groups in total. The lowest BCUT2D eigenvalue weighted by Crippen LogP contribution is -2.33. The zero-order valence-electron chi connectivity index (χ0n) is 13.1. The van der Waals surface area contributed by atoms with Crippen LogP contribution in [0.4, 0.5) is 15.8 Å². The summed E-state index contributed by atoms with van der Waals surface area (Å²) in [6, 6.07) is 8.20. The minimum atomic E-state index is -3.90. The monoisotopic (exact) mass is 400 g/mol. The van der Waals surface area contributed by atoms with Gasteiger partial charge in [0.1, 0.15) is 5.82 Å². The fourth-order valence-electron chi connectivity index (χ4n) is 2.47. The molecule has 0 unspecified atom stereocenters. The lowest BCUT2D eigenvalue weighted by Gasteiger charge is -2.28. The Kier molecular flexibility index (Phi) is 4.95. The summed E-state index contributed by atoms with van der Waals surface area (Å²) in [6.45, 7) is 1.97. The molecule has 0 fully saturated rings. The molecule has 0 bridgehead atoms. The van der Waals surface area contributed by atoms with Crippen LogP contribution in [0.1, 0.15) is 6.92 Å². The topological polar surface area (TPSA) is 66.5 Å². The number of hydrogen-bond donors (Lipinski definition) is 1.